The maximum absolute atomic E-state index is 13.3. The van der Waals surface area contributed by atoms with E-state index in [0.717, 1.165) is 52.6 Å². The van der Waals surface area contributed by atoms with Crippen LogP contribution in [0, 0.1) is 41.5 Å². The third-order valence-electron chi connectivity index (χ3n) is 11.4. The summed E-state index contributed by atoms with van der Waals surface area (Å²) in [6.07, 6.45) is 7.76. The number of hydrogen-bond donors (Lipinski definition) is 3. The van der Waals surface area contributed by atoms with Crippen molar-refractivity contribution in [3.05, 3.63) is 162 Å². The van der Waals surface area contributed by atoms with Crippen molar-refractivity contribution < 1.29 is 25.9 Å². The number of aliphatic imine (C=N–C) groups is 1. The summed E-state index contributed by atoms with van der Waals surface area (Å²) in [5.74, 6) is 0. The highest BCUT2D eigenvalue weighted by molar-refractivity contribution is 7.90. The van der Waals surface area contributed by atoms with E-state index in [1.807, 2.05) is 49.4 Å². The van der Waals surface area contributed by atoms with Gasteiger partial charge in [0.2, 0.25) is 0 Å². The highest BCUT2D eigenvalue weighted by Gasteiger charge is 2.38. The fourth-order valence-electron chi connectivity index (χ4n) is 9.41. The maximum atomic E-state index is 13.3. The van der Waals surface area contributed by atoms with Crippen molar-refractivity contribution in [1.82, 2.24) is 5.32 Å². The van der Waals surface area contributed by atoms with E-state index in [4.69, 9.17) is 4.99 Å². The molecule has 0 unspecified atom stereocenters. The van der Waals surface area contributed by atoms with Crippen LogP contribution in [0.4, 0.5) is 0 Å². The molecule has 0 radical (unpaired) electrons. The highest BCUT2D eigenvalue weighted by Crippen LogP contribution is 2.37. The molecule has 0 saturated carbocycles. The largest absolute Gasteiger partial charge is 0.307 e. The average Bonchev–Trinajstić information content (AvgIpc) is 3.07. The molecule has 1 heterocycles. The first kappa shape index (κ1) is 43.1. The van der Waals surface area contributed by atoms with Crippen molar-refractivity contribution >= 4 is 31.5 Å². The van der Waals surface area contributed by atoms with Crippen LogP contribution >= 0.6 is 0 Å². The van der Waals surface area contributed by atoms with Gasteiger partial charge in [-0.3, -0.25) is 14.1 Å². The SMILES string of the molecule is Cc1cc(C)c(Cc2ccc(C(=C3C=CC(=NC4CC(C)(C)NC(C)(C)C4)C=C3S(=O)(=O)O)c3ccc(Cc4c(C)cc(C)c(S(=O)(=O)O)c4C)cc3)cc2)c(C)c1. The molecular formula is C48H56N2O6S2. The first-order chi connectivity index (χ1) is 26.9. The summed E-state index contributed by atoms with van der Waals surface area (Å²) in [6, 6.07) is 22.0. The van der Waals surface area contributed by atoms with E-state index < -0.39 is 20.2 Å². The van der Waals surface area contributed by atoms with E-state index in [0.29, 0.717) is 34.4 Å². The van der Waals surface area contributed by atoms with Gasteiger partial charge in [0.05, 0.1) is 16.6 Å². The molecule has 3 N–H and O–H groups in total. The second-order valence-corrected chi connectivity index (χ2v) is 20.4. The predicted molar refractivity (Wildman–Crippen MR) is 236 cm³/mol. The zero-order chi connectivity index (χ0) is 42.5. The zero-order valence-corrected chi connectivity index (χ0v) is 36.9. The number of allylic oxidation sites excluding steroid dienone is 4. The maximum Gasteiger partial charge on any atom is 0.295 e. The van der Waals surface area contributed by atoms with Gasteiger partial charge in [-0.25, -0.2) is 0 Å². The Kier molecular flexibility index (Phi) is 11.9. The Morgan fingerprint density at radius 3 is 1.64 bits per heavy atom. The van der Waals surface area contributed by atoms with Crippen LogP contribution in [0.25, 0.3) is 5.57 Å². The molecule has 6 rings (SSSR count). The van der Waals surface area contributed by atoms with Crippen LogP contribution in [0.1, 0.15) is 107 Å². The fourth-order valence-corrected chi connectivity index (χ4v) is 11.1. The minimum atomic E-state index is -4.71. The van der Waals surface area contributed by atoms with Gasteiger partial charge < -0.3 is 5.32 Å². The Morgan fingerprint density at radius 2 is 1.16 bits per heavy atom. The number of aryl methyl sites for hydroxylation is 5. The smallest absolute Gasteiger partial charge is 0.295 e. The number of piperidine rings is 1. The minimum absolute atomic E-state index is 0.0509. The Morgan fingerprint density at radius 1 is 0.672 bits per heavy atom. The van der Waals surface area contributed by atoms with E-state index in [1.54, 1.807) is 26.0 Å². The summed E-state index contributed by atoms with van der Waals surface area (Å²) in [7, 11) is -9.13. The lowest BCUT2D eigenvalue weighted by Gasteiger charge is -2.45. The lowest BCUT2D eigenvalue weighted by atomic mass is 9.80. The Hall–Kier alpha value is -4.45. The second-order valence-electron chi connectivity index (χ2n) is 17.7. The third kappa shape index (κ3) is 9.70. The molecule has 4 aromatic rings. The van der Waals surface area contributed by atoms with Crippen LogP contribution in [0.15, 0.2) is 105 Å². The number of rotatable bonds is 9. The van der Waals surface area contributed by atoms with Crippen molar-refractivity contribution in [2.24, 2.45) is 4.99 Å². The monoisotopic (exact) mass is 820 g/mol. The molecule has 0 bridgehead atoms. The summed E-state index contributed by atoms with van der Waals surface area (Å²) >= 11 is 0. The topological polar surface area (TPSA) is 133 Å². The average molecular weight is 821 g/mol. The summed E-state index contributed by atoms with van der Waals surface area (Å²) in [4.78, 5) is 4.72. The van der Waals surface area contributed by atoms with Crippen LogP contribution in [-0.2, 0) is 33.1 Å². The number of hydrogen-bond acceptors (Lipinski definition) is 6. The Labute approximate surface area is 345 Å². The van der Waals surface area contributed by atoms with E-state index in [-0.39, 0.29) is 26.9 Å². The predicted octanol–water partition coefficient (Wildman–Crippen LogP) is 9.86. The molecular weight excluding hydrogens is 765 g/mol. The fraction of sp³-hybridized carbons (Fsp3) is 0.354. The van der Waals surface area contributed by atoms with Gasteiger partial charge in [-0.15, -0.1) is 0 Å². The molecule has 10 heteroatoms. The minimum Gasteiger partial charge on any atom is -0.307 e. The molecule has 2 aliphatic rings. The molecule has 0 aromatic heterocycles. The van der Waals surface area contributed by atoms with Gasteiger partial charge >= 0.3 is 0 Å². The normalized spacial score (nSPS) is 18.7. The summed E-state index contributed by atoms with van der Waals surface area (Å²) in [5, 5.41) is 3.67. The number of benzene rings is 4. The van der Waals surface area contributed by atoms with Crippen molar-refractivity contribution in [1.29, 1.82) is 0 Å². The standard InChI is InChI=1S/C48H56N2O6S2/c1-29-21-30(2)42(31(3)22-29)24-35-11-15-37(16-12-35)45(38-17-13-36(14-18-38)25-43-32(4)23-33(5)46(34(43)6)58(54,55)56)41-20-19-39(26-44(41)57(51,52)53)49-40-27-47(7,8)50-48(9,10)28-40/h11-23,26,40,50H,24-25,27-28H2,1-10H3,(H,51,52,53)(H,54,55,56). The van der Waals surface area contributed by atoms with Gasteiger partial charge in [0.25, 0.3) is 20.2 Å². The first-order valence-corrected chi connectivity index (χ1v) is 22.6. The summed E-state index contributed by atoms with van der Waals surface area (Å²) in [5.41, 5.74) is 12.3. The van der Waals surface area contributed by atoms with Crippen molar-refractivity contribution in [3.8, 4) is 0 Å². The van der Waals surface area contributed by atoms with Crippen molar-refractivity contribution in [3.63, 3.8) is 0 Å². The summed E-state index contributed by atoms with van der Waals surface area (Å²) in [6.45, 7) is 20.2. The van der Waals surface area contributed by atoms with Crippen LogP contribution in [0.3, 0.4) is 0 Å². The molecule has 58 heavy (non-hydrogen) atoms. The zero-order valence-electron chi connectivity index (χ0n) is 35.3. The second kappa shape index (κ2) is 16.0. The third-order valence-corrected chi connectivity index (χ3v) is 13.5. The number of nitrogens with zero attached hydrogens (tertiary/aromatic N) is 1. The quantitative estimate of drug-likeness (QED) is 0.143. The van der Waals surface area contributed by atoms with Gasteiger partial charge in [-0.2, -0.15) is 16.8 Å². The molecule has 4 aromatic carbocycles. The van der Waals surface area contributed by atoms with E-state index in [1.165, 1.54) is 28.3 Å². The van der Waals surface area contributed by atoms with Gasteiger partial charge in [0, 0.05) is 16.7 Å². The molecule has 0 amide bonds. The van der Waals surface area contributed by atoms with Crippen LogP contribution in [0.5, 0.6) is 0 Å². The van der Waals surface area contributed by atoms with Crippen molar-refractivity contribution in [2.75, 3.05) is 0 Å². The summed E-state index contributed by atoms with van der Waals surface area (Å²) < 4.78 is 71.9. The molecule has 306 valence electrons. The van der Waals surface area contributed by atoms with Crippen LogP contribution in [-0.4, -0.2) is 48.8 Å². The Balaban J connectivity index is 1.45. The molecule has 1 aliphatic carbocycles. The van der Waals surface area contributed by atoms with E-state index >= 15 is 0 Å². The molecule has 1 aliphatic heterocycles. The van der Waals surface area contributed by atoms with Crippen LogP contribution < -0.4 is 5.32 Å². The van der Waals surface area contributed by atoms with Crippen LogP contribution in [0.2, 0.25) is 0 Å². The van der Waals surface area contributed by atoms with Gasteiger partial charge in [-0.1, -0.05) is 78.4 Å². The van der Waals surface area contributed by atoms with Gasteiger partial charge in [0.15, 0.2) is 0 Å². The molecule has 0 spiro atoms. The van der Waals surface area contributed by atoms with E-state index in [2.05, 4.69) is 78.0 Å². The lowest BCUT2D eigenvalue weighted by Crippen LogP contribution is -2.58. The number of nitrogens with one attached hydrogen (secondary N) is 1. The molecule has 1 fully saturated rings. The molecule has 1 saturated heterocycles. The van der Waals surface area contributed by atoms with Crippen molar-refractivity contribution in [2.45, 2.75) is 117 Å². The van der Waals surface area contributed by atoms with Gasteiger partial charge in [0.1, 0.15) is 4.91 Å². The molecule has 0 atom stereocenters. The molecule has 8 nitrogen and oxygen atoms in total. The van der Waals surface area contributed by atoms with E-state index in [9.17, 15) is 25.9 Å². The Bertz CT molecular complexity index is 2590. The lowest BCUT2D eigenvalue weighted by molar-refractivity contribution is 0.164. The first-order valence-electron chi connectivity index (χ1n) is 19.7. The highest BCUT2D eigenvalue weighted by atomic mass is 32.2. The van der Waals surface area contributed by atoms with Gasteiger partial charge in [-0.05, 0) is 174 Å².